The Morgan fingerprint density at radius 1 is 1.11 bits per heavy atom. The van der Waals surface area contributed by atoms with Crippen molar-refractivity contribution in [1.82, 2.24) is 14.9 Å². The van der Waals surface area contributed by atoms with Crippen LogP contribution in [-0.4, -0.2) is 65.5 Å². The first-order chi connectivity index (χ1) is 18.5. The smallest absolute Gasteiger partial charge is 0.318 e. The van der Waals surface area contributed by atoms with E-state index in [-0.39, 0.29) is 5.75 Å². The van der Waals surface area contributed by atoms with Gasteiger partial charge >= 0.3 is 6.01 Å². The maximum absolute atomic E-state index is 12.6. The average Bonchev–Trinajstić information content (AvgIpc) is 3.53. The van der Waals surface area contributed by atoms with Crippen LogP contribution in [0.3, 0.4) is 0 Å². The second-order valence-electron chi connectivity index (χ2n) is 11.4. The number of anilines is 1. The van der Waals surface area contributed by atoms with Crippen molar-refractivity contribution in [3.8, 4) is 11.8 Å². The topological polar surface area (TPSA) is 71.0 Å². The number of alkyl halides is 1. The lowest BCUT2D eigenvalue weighted by Crippen LogP contribution is -2.36. The number of phenols is 1. The second-order valence-corrected chi connectivity index (χ2v) is 11.8. The van der Waals surface area contributed by atoms with Crippen molar-refractivity contribution in [3.05, 3.63) is 39.5 Å². The number of methoxy groups -OCH3 is 1. The van der Waals surface area contributed by atoms with Crippen molar-refractivity contribution in [2.75, 3.05) is 38.2 Å². The van der Waals surface area contributed by atoms with E-state index in [4.69, 9.17) is 31.0 Å². The fourth-order valence-corrected chi connectivity index (χ4v) is 7.37. The molecule has 0 bridgehead atoms. The molecule has 0 saturated carbocycles. The summed E-state index contributed by atoms with van der Waals surface area (Å²) in [6.07, 6.45) is 9.84. The van der Waals surface area contributed by atoms with Crippen molar-refractivity contribution in [1.29, 1.82) is 0 Å². The molecule has 3 fully saturated rings. The number of hydrogen-bond acceptors (Lipinski definition) is 7. The molecule has 1 N–H and O–H groups in total. The van der Waals surface area contributed by atoms with Gasteiger partial charge in [-0.3, -0.25) is 4.90 Å². The Bertz CT molecular complexity index is 1160. The van der Waals surface area contributed by atoms with E-state index in [1.54, 1.807) is 19.2 Å². The molecule has 7 nitrogen and oxygen atoms in total. The highest BCUT2D eigenvalue weighted by molar-refractivity contribution is 6.31. The minimum Gasteiger partial charge on any atom is -0.508 e. The summed E-state index contributed by atoms with van der Waals surface area (Å²) in [4.78, 5) is 14.0. The molecule has 206 valence electrons. The van der Waals surface area contributed by atoms with E-state index >= 15 is 0 Å². The fraction of sp³-hybridized carbons (Fsp3) is 0.655. The first-order valence-corrected chi connectivity index (χ1v) is 14.6. The monoisotopic (exact) mass is 544 g/mol. The third-order valence-electron chi connectivity index (χ3n) is 9.01. The van der Waals surface area contributed by atoms with E-state index in [0.717, 1.165) is 67.1 Å². The number of rotatable bonds is 2. The van der Waals surface area contributed by atoms with Crippen molar-refractivity contribution in [2.24, 2.45) is 0 Å². The predicted molar refractivity (Wildman–Crippen MR) is 145 cm³/mol. The van der Waals surface area contributed by atoms with Gasteiger partial charge in [0.15, 0.2) is 0 Å². The van der Waals surface area contributed by atoms with Crippen molar-refractivity contribution >= 4 is 17.4 Å². The number of benzene rings is 1. The Balaban J connectivity index is 0.000000246. The maximum atomic E-state index is 12.6. The van der Waals surface area contributed by atoms with Gasteiger partial charge in [-0.05, 0) is 69.2 Å². The Hall–Kier alpha value is -2.16. The minimum absolute atomic E-state index is 0.249. The number of phenolic OH excluding ortho intramolecular Hbond substituents is 1. The first kappa shape index (κ1) is 26.1. The molecule has 0 radical (unpaired) electrons. The molecule has 38 heavy (non-hydrogen) atoms. The SMILES string of the molecule is COc1nc2c(c(N3CCCCCC3)n1)COC1(CCc3c(Cl)ccc(O)c31)C2.FC1CC2CCCN2C1. The number of hydrogen-bond donors (Lipinski definition) is 1. The standard InChI is InChI=1S/C22H26ClN3O3.C7H12FN/c1-28-21-24-17-12-22(9-8-14-16(23)6-7-18(27)19(14)22)29-13-15(17)20(25-21)26-10-4-2-3-5-11-26;8-6-4-7-2-1-3-9(7)5-6/h6-7,27H,2-5,8-13H2,1H3;6-7H,1-5H2. The zero-order valence-corrected chi connectivity index (χ0v) is 23.0. The molecule has 3 atom stereocenters. The zero-order valence-electron chi connectivity index (χ0n) is 22.2. The molecule has 2 aromatic rings. The van der Waals surface area contributed by atoms with Crippen LogP contribution < -0.4 is 9.64 Å². The molecule has 5 aliphatic rings. The van der Waals surface area contributed by atoms with Gasteiger partial charge in [0.05, 0.1) is 19.4 Å². The third-order valence-corrected chi connectivity index (χ3v) is 9.37. The molecule has 1 aromatic carbocycles. The van der Waals surface area contributed by atoms with Gasteiger partial charge in [0.1, 0.15) is 23.3 Å². The molecule has 1 aromatic heterocycles. The summed E-state index contributed by atoms with van der Waals surface area (Å²) in [5.41, 5.74) is 3.23. The van der Waals surface area contributed by atoms with Crippen LogP contribution in [0.4, 0.5) is 10.2 Å². The highest BCUT2D eigenvalue weighted by atomic mass is 35.5. The maximum Gasteiger partial charge on any atom is 0.318 e. The number of fused-ring (bicyclic) bond motifs is 4. The van der Waals surface area contributed by atoms with E-state index in [9.17, 15) is 9.50 Å². The number of aromatic nitrogens is 2. The van der Waals surface area contributed by atoms with Crippen LogP contribution in [-0.2, 0) is 29.8 Å². The number of halogens is 2. The summed E-state index contributed by atoms with van der Waals surface area (Å²) in [5.74, 6) is 1.19. The summed E-state index contributed by atoms with van der Waals surface area (Å²) < 4.78 is 24.5. The Morgan fingerprint density at radius 2 is 1.92 bits per heavy atom. The van der Waals surface area contributed by atoms with Crippen LogP contribution in [0.25, 0.3) is 0 Å². The van der Waals surface area contributed by atoms with E-state index in [2.05, 4.69) is 9.80 Å². The molecule has 9 heteroatoms. The van der Waals surface area contributed by atoms with E-state index in [0.29, 0.717) is 36.6 Å². The Kier molecular flexibility index (Phi) is 7.40. The van der Waals surface area contributed by atoms with Crippen LogP contribution >= 0.6 is 11.6 Å². The van der Waals surface area contributed by atoms with Gasteiger partial charge < -0.3 is 19.5 Å². The minimum atomic E-state index is -0.591. The van der Waals surface area contributed by atoms with Gasteiger partial charge in [0, 0.05) is 48.2 Å². The second kappa shape index (κ2) is 10.8. The largest absolute Gasteiger partial charge is 0.508 e. The highest BCUT2D eigenvalue weighted by Crippen LogP contribution is 2.51. The van der Waals surface area contributed by atoms with Crippen molar-refractivity contribution in [2.45, 2.75) is 88.6 Å². The molecule has 4 aliphatic heterocycles. The fourth-order valence-electron chi connectivity index (χ4n) is 7.12. The number of aromatic hydroxyl groups is 1. The van der Waals surface area contributed by atoms with Gasteiger partial charge in [-0.25, -0.2) is 4.39 Å². The zero-order chi connectivity index (χ0) is 26.3. The van der Waals surface area contributed by atoms with Crippen LogP contribution in [0.5, 0.6) is 11.8 Å². The number of ether oxygens (including phenoxy) is 2. The van der Waals surface area contributed by atoms with Gasteiger partial charge in [-0.1, -0.05) is 24.4 Å². The van der Waals surface area contributed by atoms with Gasteiger partial charge in [-0.2, -0.15) is 9.97 Å². The van der Waals surface area contributed by atoms with Gasteiger partial charge in [-0.15, -0.1) is 0 Å². The van der Waals surface area contributed by atoms with E-state index < -0.39 is 11.8 Å². The molecule has 7 rings (SSSR count). The summed E-state index contributed by atoms with van der Waals surface area (Å²) in [6.45, 7) is 4.28. The summed E-state index contributed by atoms with van der Waals surface area (Å²) in [6, 6.07) is 4.43. The molecule has 5 heterocycles. The first-order valence-electron chi connectivity index (χ1n) is 14.2. The van der Waals surface area contributed by atoms with Crippen LogP contribution in [0, 0.1) is 0 Å². The summed E-state index contributed by atoms with van der Waals surface area (Å²) >= 11 is 6.42. The Labute approximate surface area is 229 Å². The Morgan fingerprint density at radius 3 is 2.68 bits per heavy atom. The normalized spacial score (nSPS) is 28.3. The van der Waals surface area contributed by atoms with Crippen LogP contribution in [0.1, 0.15) is 73.8 Å². The highest BCUT2D eigenvalue weighted by Gasteiger charge is 2.47. The van der Waals surface area contributed by atoms with Crippen molar-refractivity contribution in [3.63, 3.8) is 0 Å². The predicted octanol–water partition coefficient (Wildman–Crippen LogP) is 5.33. The van der Waals surface area contributed by atoms with Gasteiger partial charge in [0.25, 0.3) is 0 Å². The summed E-state index contributed by atoms with van der Waals surface area (Å²) in [5, 5.41) is 11.3. The van der Waals surface area contributed by atoms with Gasteiger partial charge in [0.2, 0.25) is 0 Å². The van der Waals surface area contributed by atoms with Crippen molar-refractivity contribution < 1.29 is 19.0 Å². The quantitative estimate of drug-likeness (QED) is 0.548. The lowest BCUT2D eigenvalue weighted by Gasteiger charge is -2.37. The van der Waals surface area contributed by atoms with E-state index in [1.807, 2.05) is 0 Å². The summed E-state index contributed by atoms with van der Waals surface area (Å²) in [7, 11) is 1.61. The molecule has 0 amide bonds. The average molecular weight is 545 g/mol. The lowest BCUT2D eigenvalue weighted by atomic mass is 9.86. The number of nitrogens with zero attached hydrogens (tertiary/aromatic N) is 4. The van der Waals surface area contributed by atoms with Crippen LogP contribution in [0.15, 0.2) is 12.1 Å². The van der Waals surface area contributed by atoms with Crippen LogP contribution in [0.2, 0.25) is 5.02 Å². The molecule has 1 spiro atoms. The molecule has 3 unspecified atom stereocenters. The lowest BCUT2D eigenvalue weighted by molar-refractivity contribution is -0.0740. The third kappa shape index (κ3) is 4.84. The molecular weight excluding hydrogens is 507 g/mol. The molecule has 3 saturated heterocycles. The molecular formula is C29H38ClFN4O3. The van der Waals surface area contributed by atoms with E-state index in [1.165, 1.54) is 38.5 Å². The molecule has 1 aliphatic carbocycles.